The Labute approximate surface area is 142 Å². The normalized spacial score (nSPS) is 14.6. The second kappa shape index (κ2) is 6.86. The molecule has 1 aliphatic heterocycles. The number of rotatable bonds is 4. The van der Waals surface area contributed by atoms with E-state index in [2.05, 4.69) is 52.2 Å². The largest absolute Gasteiger partial charge is 0.353 e. The highest BCUT2D eigenvalue weighted by Crippen LogP contribution is 2.23. The van der Waals surface area contributed by atoms with Gasteiger partial charge in [-0.2, -0.15) is 0 Å². The van der Waals surface area contributed by atoms with Gasteiger partial charge < -0.3 is 15.1 Å². The van der Waals surface area contributed by atoms with E-state index in [0.717, 1.165) is 55.7 Å². The summed E-state index contributed by atoms with van der Waals surface area (Å²) in [6.07, 6.45) is 0.913. The summed E-state index contributed by atoms with van der Waals surface area (Å²) in [4.78, 5) is 23.9. The molecule has 0 bridgehead atoms. The number of aryl methyl sites for hydroxylation is 3. The van der Waals surface area contributed by atoms with Crippen LogP contribution >= 0.6 is 0 Å². The van der Waals surface area contributed by atoms with E-state index in [4.69, 9.17) is 0 Å². The van der Waals surface area contributed by atoms with Crippen LogP contribution in [0.25, 0.3) is 0 Å². The number of anilines is 3. The molecular weight excluding hydrogens is 302 g/mol. The average molecular weight is 325 g/mol. The SMILES string of the molecule is Cc1ccc(C)c(Nc2cc(N3CCN(C=O)CC3)nc(C)n2)c1. The van der Waals surface area contributed by atoms with Crippen molar-refractivity contribution in [3.05, 3.63) is 41.2 Å². The zero-order chi connectivity index (χ0) is 17.1. The quantitative estimate of drug-likeness (QED) is 0.875. The fraction of sp³-hybridized carbons (Fsp3) is 0.389. The number of carbonyl (C=O) groups is 1. The molecule has 126 valence electrons. The molecule has 1 saturated heterocycles. The lowest BCUT2D eigenvalue weighted by atomic mass is 10.1. The number of nitrogens with one attached hydrogen (secondary N) is 1. The van der Waals surface area contributed by atoms with Gasteiger partial charge in [0.2, 0.25) is 6.41 Å². The Bertz CT molecular complexity index is 738. The third-order valence-electron chi connectivity index (χ3n) is 4.27. The molecule has 2 aromatic rings. The summed E-state index contributed by atoms with van der Waals surface area (Å²) in [5.41, 5.74) is 3.45. The van der Waals surface area contributed by atoms with Crippen LogP contribution in [0.2, 0.25) is 0 Å². The van der Waals surface area contributed by atoms with Gasteiger partial charge in [0.15, 0.2) is 0 Å². The number of nitrogens with zero attached hydrogens (tertiary/aromatic N) is 4. The van der Waals surface area contributed by atoms with E-state index >= 15 is 0 Å². The number of piperazine rings is 1. The van der Waals surface area contributed by atoms with Gasteiger partial charge in [-0.1, -0.05) is 12.1 Å². The average Bonchev–Trinajstić information content (AvgIpc) is 2.58. The maximum Gasteiger partial charge on any atom is 0.209 e. The van der Waals surface area contributed by atoms with Crippen LogP contribution in [0.4, 0.5) is 17.3 Å². The minimum atomic E-state index is 0.728. The predicted molar refractivity (Wildman–Crippen MR) is 95.8 cm³/mol. The summed E-state index contributed by atoms with van der Waals surface area (Å²) in [7, 11) is 0. The molecule has 3 rings (SSSR count). The highest BCUT2D eigenvalue weighted by Gasteiger charge is 2.18. The van der Waals surface area contributed by atoms with Crippen LogP contribution in [0.3, 0.4) is 0 Å². The third kappa shape index (κ3) is 3.64. The van der Waals surface area contributed by atoms with Gasteiger partial charge in [-0.15, -0.1) is 0 Å². The topological polar surface area (TPSA) is 61.4 Å². The van der Waals surface area contributed by atoms with E-state index < -0.39 is 0 Å². The Morgan fingerprint density at radius 1 is 1.04 bits per heavy atom. The lowest BCUT2D eigenvalue weighted by molar-refractivity contribution is -0.118. The minimum absolute atomic E-state index is 0.728. The maximum absolute atomic E-state index is 10.8. The smallest absolute Gasteiger partial charge is 0.209 e. The standard InChI is InChI=1S/C18H23N5O/c1-13-4-5-14(2)16(10-13)21-17-11-18(20-15(3)19-17)23-8-6-22(12-24)7-9-23/h4-5,10-12H,6-9H2,1-3H3,(H,19,20,21). The minimum Gasteiger partial charge on any atom is -0.353 e. The molecule has 0 spiro atoms. The van der Waals surface area contributed by atoms with Crippen LogP contribution in [0, 0.1) is 20.8 Å². The van der Waals surface area contributed by atoms with E-state index in [1.54, 1.807) is 4.90 Å². The molecule has 24 heavy (non-hydrogen) atoms. The van der Waals surface area contributed by atoms with Crippen molar-refractivity contribution in [2.45, 2.75) is 20.8 Å². The maximum atomic E-state index is 10.8. The lowest BCUT2D eigenvalue weighted by Gasteiger charge is -2.33. The molecular formula is C18H23N5O. The second-order valence-corrected chi connectivity index (χ2v) is 6.23. The highest BCUT2D eigenvalue weighted by atomic mass is 16.1. The van der Waals surface area contributed by atoms with Crippen molar-refractivity contribution in [1.82, 2.24) is 14.9 Å². The Morgan fingerprint density at radius 2 is 1.79 bits per heavy atom. The number of hydrogen-bond donors (Lipinski definition) is 1. The fourth-order valence-electron chi connectivity index (χ4n) is 2.84. The van der Waals surface area contributed by atoms with Crippen molar-refractivity contribution < 1.29 is 4.79 Å². The van der Waals surface area contributed by atoms with Gasteiger partial charge in [0, 0.05) is 37.9 Å². The summed E-state index contributed by atoms with van der Waals surface area (Å²) >= 11 is 0. The summed E-state index contributed by atoms with van der Waals surface area (Å²) in [5.74, 6) is 2.43. The van der Waals surface area contributed by atoms with E-state index in [-0.39, 0.29) is 0 Å². The van der Waals surface area contributed by atoms with Crippen LogP contribution in [0.1, 0.15) is 17.0 Å². The van der Waals surface area contributed by atoms with Crippen molar-refractivity contribution in [3.63, 3.8) is 0 Å². The predicted octanol–water partition coefficient (Wildman–Crippen LogP) is 2.42. The van der Waals surface area contributed by atoms with E-state index in [1.165, 1.54) is 11.1 Å². The van der Waals surface area contributed by atoms with Crippen molar-refractivity contribution in [3.8, 4) is 0 Å². The Morgan fingerprint density at radius 3 is 2.50 bits per heavy atom. The summed E-state index contributed by atoms with van der Waals surface area (Å²) in [6, 6.07) is 8.30. The first kappa shape index (κ1) is 16.2. The first-order valence-corrected chi connectivity index (χ1v) is 8.19. The van der Waals surface area contributed by atoms with Gasteiger partial charge in [0.25, 0.3) is 0 Å². The highest BCUT2D eigenvalue weighted by molar-refractivity contribution is 5.63. The molecule has 1 aromatic carbocycles. The van der Waals surface area contributed by atoms with Crippen LogP contribution < -0.4 is 10.2 Å². The Hall–Kier alpha value is -2.63. The lowest BCUT2D eigenvalue weighted by Crippen LogP contribution is -2.46. The number of carbonyl (C=O) groups excluding carboxylic acids is 1. The zero-order valence-electron chi connectivity index (χ0n) is 14.4. The number of aromatic nitrogens is 2. The first-order valence-electron chi connectivity index (χ1n) is 8.19. The van der Waals surface area contributed by atoms with Crippen molar-refractivity contribution in [2.24, 2.45) is 0 Å². The first-order chi connectivity index (χ1) is 11.5. The summed E-state index contributed by atoms with van der Waals surface area (Å²) in [5, 5.41) is 3.41. The molecule has 0 unspecified atom stereocenters. The molecule has 0 atom stereocenters. The summed E-state index contributed by atoms with van der Waals surface area (Å²) in [6.45, 7) is 9.09. The van der Waals surface area contributed by atoms with Crippen molar-refractivity contribution in [2.75, 3.05) is 36.4 Å². The third-order valence-corrected chi connectivity index (χ3v) is 4.27. The molecule has 1 amide bonds. The molecule has 1 fully saturated rings. The molecule has 0 aliphatic carbocycles. The Balaban J connectivity index is 1.81. The molecule has 6 heteroatoms. The number of amides is 1. The fourth-order valence-corrected chi connectivity index (χ4v) is 2.84. The van der Waals surface area contributed by atoms with E-state index in [0.29, 0.717) is 0 Å². The molecule has 6 nitrogen and oxygen atoms in total. The second-order valence-electron chi connectivity index (χ2n) is 6.23. The molecule has 1 aliphatic rings. The zero-order valence-corrected chi connectivity index (χ0v) is 14.4. The van der Waals surface area contributed by atoms with Gasteiger partial charge in [0.1, 0.15) is 17.5 Å². The van der Waals surface area contributed by atoms with Crippen LogP contribution in [-0.4, -0.2) is 47.5 Å². The van der Waals surface area contributed by atoms with E-state index in [9.17, 15) is 4.79 Å². The molecule has 2 heterocycles. The van der Waals surface area contributed by atoms with Crippen LogP contribution in [-0.2, 0) is 4.79 Å². The van der Waals surface area contributed by atoms with Crippen LogP contribution in [0.15, 0.2) is 24.3 Å². The van der Waals surface area contributed by atoms with E-state index in [1.807, 2.05) is 13.0 Å². The Kier molecular flexibility index (Phi) is 4.64. The molecule has 1 N–H and O–H groups in total. The van der Waals surface area contributed by atoms with Crippen LogP contribution in [0.5, 0.6) is 0 Å². The van der Waals surface area contributed by atoms with Gasteiger partial charge in [-0.25, -0.2) is 9.97 Å². The van der Waals surface area contributed by atoms with Crippen molar-refractivity contribution in [1.29, 1.82) is 0 Å². The van der Waals surface area contributed by atoms with Gasteiger partial charge in [-0.05, 0) is 38.0 Å². The molecule has 0 radical (unpaired) electrons. The van der Waals surface area contributed by atoms with Crippen molar-refractivity contribution >= 4 is 23.7 Å². The van der Waals surface area contributed by atoms with Gasteiger partial charge >= 0.3 is 0 Å². The number of hydrogen-bond acceptors (Lipinski definition) is 5. The molecule has 0 saturated carbocycles. The van der Waals surface area contributed by atoms with Gasteiger partial charge in [0.05, 0.1) is 0 Å². The number of benzene rings is 1. The summed E-state index contributed by atoms with van der Waals surface area (Å²) < 4.78 is 0. The monoisotopic (exact) mass is 325 g/mol. The van der Waals surface area contributed by atoms with Gasteiger partial charge in [-0.3, -0.25) is 4.79 Å². The molecule has 1 aromatic heterocycles.